The molecule has 8 nitrogen and oxygen atoms in total. The van der Waals surface area contributed by atoms with Crippen molar-refractivity contribution in [3.05, 3.63) is 90.6 Å². The van der Waals surface area contributed by atoms with Crippen molar-refractivity contribution in [3.8, 4) is 5.75 Å². The number of benzene rings is 3. The molecular formula is C26H24N4O4S. The molecule has 2 heterocycles. The van der Waals surface area contributed by atoms with Crippen molar-refractivity contribution in [1.82, 2.24) is 9.88 Å². The van der Waals surface area contributed by atoms with Gasteiger partial charge in [-0.2, -0.15) is 0 Å². The van der Waals surface area contributed by atoms with Crippen LogP contribution in [0, 0.1) is 0 Å². The van der Waals surface area contributed by atoms with Crippen molar-refractivity contribution in [2.75, 3.05) is 30.2 Å². The highest BCUT2D eigenvalue weighted by Crippen LogP contribution is 2.27. The molecule has 1 aromatic heterocycles. The number of methoxy groups -OCH3 is 1. The molecule has 3 aromatic carbocycles. The van der Waals surface area contributed by atoms with Crippen molar-refractivity contribution in [2.24, 2.45) is 0 Å². The van der Waals surface area contributed by atoms with Crippen LogP contribution in [0.4, 0.5) is 11.4 Å². The quantitative estimate of drug-likeness (QED) is 0.408. The second-order valence-electron chi connectivity index (χ2n) is 8.26. The number of pyridine rings is 1. The third kappa shape index (κ3) is 4.63. The van der Waals surface area contributed by atoms with Crippen LogP contribution in [0.15, 0.2) is 90.0 Å². The number of nitrogens with one attached hydrogen (secondary N) is 2. The normalized spacial score (nSPS) is 13.8. The molecule has 1 saturated heterocycles. The summed E-state index contributed by atoms with van der Waals surface area (Å²) in [5, 5.41) is 4.22. The SMILES string of the molecule is COc1ccccc1NC1CN(C(=O)c2ccc(S(=O)(=O)Nc3cccc4cccnc34)cc2)C1. The zero-order chi connectivity index (χ0) is 24.4. The number of anilines is 2. The largest absolute Gasteiger partial charge is 0.495 e. The smallest absolute Gasteiger partial charge is 0.261 e. The lowest BCUT2D eigenvalue weighted by Gasteiger charge is -2.40. The topological polar surface area (TPSA) is 101 Å². The highest BCUT2D eigenvalue weighted by Gasteiger charge is 2.31. The fraction of sp³-hybridized carbons (Fsp3) is 0.154. The first-order valence-electron chi connectivity index (χ1n) is 11.1. The maximum absolute atomic E-state index is 12.9. The van der Waals surface area contributed by atoms with Gasteiger partial charge in [-0.1, -0.05) is 30.3 Å². The molecule has 0 unspecified atom stereocenters. The van der Waals surface area contributed by atoms with E-state index in [2.05, 4.69) is 15.0 Å². The molecule has 4 aromatic rings. The molecule has 0 aliphatic carbocycles. The number of ether oxygens (including phenoxy) is 1. The van der Waals surface area contributed by atoms with Gasteiger partial charge in [-0.25, -0.2) is 8.42 Å². The van der Waals surface area contributed by atoms with Crippen molar-refractivity contribution in [2.45, 2.75) is 10.9 Å². The van der Waals surface area contributed by atoms with E-state index in [-0.39, 0.29) is 16.8 Å². The van der Waals surface area contributed by atoms with E-state index in [1.165, 1.54) is 12.1 Å². The summed E-state index contributed by atoms with van der Waals surface area (Å²) in [4.78, 5) is 18.9. The molecular weight excluding hydrogens is 464 g/mol. The van der Waals surface area contributed by atoms with E-state index in [4.69, 9.17) is 4.74 Å². The Hall–Kier alpha value is -4.11. The van der Waals surface area contributed by atoms with E-state index in [1.807, 2.05) is 36.4 Å². The van der Waals surface area contributed by atoms with E-state index >= 15 is 0 Å². The van der Waals surface area contributed by atoms with Crippen LogP contribution in [0.3, 0.4) is 0 Å². The number of hydrogen-bond acceptors (Lipinski definition) is 6. The highest BCUT2D eigenvalue weighted by molar-refractivity contribution is 7.92. The number of hydrogen-bond donors (Lipinski definition) is 2. The van der Waals surface area contributed by atoms with E-state index in [1.54, 1.807) is 48.5 Å². The van der Waals surface area contributed by atoms with Crippen LogP contribution in [0.25, 0.3) is 10.9 Å². The summed E-state index contributed by atoms with van der Waals surface area (Å²) in [5.74, 6) is 0.611. The monoisotopic (exact) mass is 488 g/mol. The molecule has 0 radical (unpaired) electrons. The number of carbonyl (C=O) groups excluding carboxylic acids is 1. The van der Waals surface area contributed by atoms with Crippen LogP contribution in [0.1, 0.15) is 10.4 Å². The lowest BCUT2D eigenvalue weighted by molar-refractivity contribution is 0.0625. The molecule has 0 saturated carbocycles. The molecule has 1 fully saturated rings. The molecule has 178 valence electrons. The number of likely N-dealkylation sites (tertiary alicyclic amines) is 1. The van der Waals surface area contributed by atoms with Gasteiger partial charge in [0.25, 0.3) is 15.9 Å². The highest BCUT2D eigenvalue weighted by atomic mass is 32.2. The Morgan fingerprint density at radius 3 is 2.43 bits per heavy atom. The number of para-hydroxylation sites is 3. The lowest BCUT2D eigenvalue weighted by atomic mass is 10.1. The summed E-state index contributed by atoms with van der Waals surface area (Å²) >= 11 is 0. The molecule has 0 atom stereocenters. The molecule has 35 heavy (non-hydrogen) atoms. The van der Waals surface area contributed by atoms with Crippen LogP contribution in [0.2, 0.25) is 0 Å². The molecule has 1 aliphatic heterocycles. The van der Waals surface area contributed by atoms with Crippen molar-refractivity contribution < 1.29 is 17.9 Å². The van der Waals surface area contributed by atoms with E-state index in [0.717, 1.165) is 16.8 Å². The maximum atomic E-state index is 12.9. The molecule has 1 aliphatic rings. The predicted molar refractivity (Wildman–Crippen MR) is 135 cm³/mol. The van der Waals surface area contributed by atoms with Crippen molar-refractivity contribution >= 4 is 38.2 Å². The molecule has 0 bridgehead atoms. The van der Waals surface area contributed by atoms with Gasteiger partial charge in [-0.3, -0.25) is 14.5 Å². The molecule has 2 N–H and O–H groups in total. The number of nitrogens with zero attached hydrogens (tertiary/aromatic N) is 2. The second kappa shape index (κ2) is 9.27. The Labute approximate surface area is 203 Å². The van der Waals surface area contributed by atoms with Crippen LogP contribution < -0.4 is 14.8 Å². The van der Waals surface area contributed by atoms with Gasteiger partial charge in [0.2, 0.25) is 0 Å². The Morgan fingerprint density at radius 2 is 1.66 bits per heavy atom. The van der Waals surface area contributed by atoms with Gasteiger partial charge in [0, 0.05) is 30.2 Å². The Kier molecular flexibility index (Phi) is 6.00. The van der Waals surface area contributed by atoms with Crippen LogP contribution in [-0.4, -0.2) is 50.5 Å². The Bertz CT molecular complexity index is 1480. The van der Waals surface area contributed by atoms with E-state index < -0.39 is 10.0 Å². The van der Waals surface area contributed by atoms with Gasteiger partial charge >= 0.3 is 0 Å². The van der Waals surface area contributed by atoms with Crippen molar-refractivity contribution in [3.63, 3.8) is 0 Å². The van der Waals surface area contributed by atoms with Gasteiger partial charge in [-0.05, 0) is 48.5 Å². The Balaban J connectivity index is 1.24. The zero-order valence-corrected chi connectivity index (χ0v) is 19.8. The van der Waals surface area contributed by atoms with Gasteiger partial charge in [0.15, 0.2) is 0 Å². The average molecular weight is 489 g/mol. The number of sulfonamides is 1. The summed E-state index contributed by atoms with van der Waals surface area (Å²) < 4.78 is 33.8. The lowest BCUT2D eigenvalue weighted by Crippen LogP contribution is -2.57. The first kappa shape index (κ1) is 22.7. The molecule has 9 heteroatoms. The number of rotatable bonds is 7. The zero-order valence-electron chi connectivity index (χ0n) is 19.0. The number of fused-ring (bicyclic) bond motifs is 1. The third-order valence-corrected chi connectivity index (χ3v) is 7.31. The van der Waals surface area contributed by atoms with E-state index in [0.29, 0.717) is 29.9 Å². The van der Waals surface area contributed by atoms with Gasteiger partial charge in [-0.15, -0.1) is 0 Å². The first-order chi connectivity index (χ1) is 16.9. The Morgan fingerprint density at radius 1 is 0.943 bits per heavy atom. The van der Waals surface area contributed by atoms with Crippen molar-refractivity contribution in [1.29, 1.82) is 0 Å². The number of aromatic nitrogens is 1. The maximum Gasteiger partial charge on any atom is 0.261 e. The van der Waals surface area contributed by atoms with Gasteiger partial charge < -0.3 is 15.0 Å². The molecule has 1 amide bonds. The summed E-state index contributed by atoms with van der Waals surface area (Å²) in [6.07, 6.45) is 1.62. The summed E-state index contributed by atoms with van der Waals surface area (Å²) in [7, 11) is -2.23. The fourth-order valence-electron chi connectivity index (χ4n) is 4.07. The minimum Gasteiger partial charge on any atom is -0.495 e. The second-order valence-corrected chi connectivity index (χ2v) is 9.94. The standard InChI is InChI=1S/C26H24N4O4S/c1-34-24-10-3-2-8-22(24)28-20-16-30(17-20)26(31)19-11-13-21(14-12-19)35(32,33)29-23-9-4-6-18-7-5-15-27-25(18)23/h2-15,20,28-29H,16-17H2,1H3. The molecule has 0 spiro atoms. The predicted octanol–water partition coefficient (Wildman–Crippen LogP) is 3.98. The first-order valence-corrected chi connectivity index (χ1v) is 12.6. The van der Waals surface area contributed by atoms with Crippen LogP contribution in [0.5, 0.6) is 5.75 Å². The minimum atomic E-state index is -3.85. The fourth-order valence-corrected chi connectivity index (χ4v) is 5.14. The average Bonchev–Trinajstić information content (AvgIpc) is 2.86. The van der Waals surface area contributed by atoms with Crippen LogP contribution in [-0.2, 0) is 10.0 Å². The van der Waals surface area contributed by atoms with Crippen LogP contribution >= 0.6 is 0 Å². The minimum absolute atomic E-state index is 0.0707. The summed E-state index contributed by atoms with van der Waals surface area (Å²) in [5.41, 5.74) is 2.29. The summed E-state index contributed by atoms with van der Waals surface area (Å²) in [6.45, 7) is 1.10. The van der Waals surface area contributed by atoms with Gasteiger partial charge in [0.1, 0.15) is 5.75 Å². The van der Waals surface area contributed by atoms with E-state index in [9.17, 15) is 13.2 Å². The number of amides is 1. The summed E-state index contributed by atoms with van der Waals surface area (Å²) in [6, 6.07) is 22.7. The van der Waals surface area contributed by atoms with Gasteiger partial charge in [0.05, 0.1) is 34.9 Å². The molecule has 5 rings (SSSR count). The number of carbonyl (C=O) groups is 1. The third-order valence-electron chi connectivity index (χ3n) is 5.92.